The van der Waals surface area contributed by atoms with Crippen LogP contribution in [0.5, 0.6) is 5.75 Å². The molecule has 4 N–H and O–H groups in total. The molecule has 2 heterocycles. The van der Waals surface area contributed by atoms with Crippen molar-refractivity contribution in [3.05, 3.63) is 53.2 Å². The fraction of sp³-hybridized carbons (Fsp3) is 0.312. The van der Waals surface area contributed by atoms with Gasteiger partial charge in [0.2, 0.25) is 0 Å². The zero-order chi connectivity index (χ0) is 14.1. The number of hydrogen-bond acceptors (Lipinski definition) is 4. The number of pyridine rings is 1. The number of para-hydroxylation sites is 1. The first-order valence-corrected chi connectivity index (χ1v) is 6.84. The Morgan fingerprint density at radius 2 is 2.10 bits per heavy atom. The molecule has 0 radical (unpaired) electrons. The van der Waals surface area contributed by atoms with Gasteiger partial charge in [0.1, 0.15) is 11.6 Å². The molecule has 0 saturated carbocycles. The van der Waals surface area contributed by atoms with Crippen LogP contribution in [-0.4, -0.2) is 11.6 Å². The second-order valence-electron chi connectivity index (χ2n) is 5.34. The molecular weight excluding hydrogens is 250 g/mol. The number of anilines is 1. The number of aromatic nitrogens is 1. The predicted molar refractivity (Wildman–Crippen MR) is 79.4 cm³/mol. The van der Waals surface area contributed by atoms with Crippen LogP contribution in [0.15, 0.2) is 36.5 Å². The van der Waals surface area contributed by atoms with Crippen LogP contribution in [-0.2, 0) is 6.42 Å². The maximum atomic E-state index is 6.43. The van der Waals surface area contributed by atoms with Crippen molar-refractivity contribution >= 4 is 5.82 Å². The maximum absolute atomic E-state index is 6.43. The summed E-state index contributed by atoms with van der Waals surface area (Å²) >= 11 is 0. The highest BCUT2D eigenvalue weighted by Crippen LogP contribution is 2.34. The molecule has 1 aromatic heterocycles. The molecule has 1 aliphatic heterocycles. The largest absolute Gasteiger partial charge is 0.493 e. The average Bonchev–Trinajstić information content (AvgIpc) is 2.46. The highest BCUT2D eigenvalue weighted by atomic mass is 16.5. The van der Waals surface area contributed by atoms with Crippen molar-refractivity contribution < 1.29 is 4.74 Å². The lowest BCUT2D eigenvalue weighted by Gasteiger charge is -2.30. The van der Waals surface area contributed by atoms with Gasteiger partial charge in [-0.15, -0.1) is 0 Å². The smallest absolute Gasteiger partial charge is 0.128 e. The first kappa shape index (κ1) is 12.9. The van der Waals surface area contributed by atoms with Gasteiger partial charge in [-0.2, -0.15) is 0 Å². The summed E-state index contributed by atoms with van der Waals surface area (Å²) < 4.78 is 5.82. The van der Waals surface area contributed by atoms with Crippen LogP contribution in [0.1, 0.15) is 22.7 Å². The lowest BCUT2D eigenvalue weighted by atomic mass is 9.86. The van der Waals surface area contributed by atoms with Crippen LogP contribution in [0.3, 0.4) is 0 Å². The number of fused-ring (bicyclic) bond motifs is 1. The fourth-order valence-electron chi connectivity index (χ4n) is 2.84. The van der Waals surface area contributed by atoms with Gasteiger partial charge in [0.25, 0.3) is 0 Å². The van der Waals surface area contributed by atoms with E-state index < -0.39 is 0 Å². The third-order valence-electron chi connectivity index (χ3n) is 3.99. The minimum atomic E-state index is -0.156. The normalized spacial score (nSPS) is 19.0. The van der Waals surface area contributed by atoms with Gasteiger partial charge in [-0.1, -0.05) is 18.2 Å². The lowest BCUT2D eigenvalue weighted by molar-refractivity contribution is 0.200. The third kappa shape index (κ3) is 2.23. The molecule has 0 saturated heterocycles. The second kappa shape index (κ2) is 5.13. The minimum Gasteiger partial charge on any atom is -0.493 e. The summed E-state index contributed by atoms with van der Waals surface area (Å²) in [5.41, 5.74) is 15.7. The van der Waals surface area contributed by atoms with E-state index in [2.05, 4.69) is 11.1 Å². The molecular formula is C16H19N3O. The van der Waals surface area contributed by atoms with E-state index in [0.29, 0.717) is 12.4 Å². The van der Waals surface area contributed by atoms with Crippen molar-refractivity contribution in [3.63, 3.8) is 0 Å². The molecule has 2 unspecified atom stereocenters. The predicted octanol–water partition coefficient (Wildman–Crippen LogP) is 2.22. The van der Waals surface area contributed by atoms with Crippen LogP contribution in [0.2, 0.25) is 0 Å². The number of nitrogens with zero attached hydrogens (tertiary/aromatic N) is 1. The van der Waals surface area contributed by atoms with Gasteiger partial charge in [-0.25, -0.2) is 4.98 Å². The van der Waals surface area contributed by atoms with Crippen LogP contribution in [0.4, 0.5) is 5.82 Å². The number of rotatable bonds is 2. The average molecular weight is 269 g/mol. The molecule has 1 aliphatic rings. The summed E-state index contributed by atoms with van der Waals surface area (Å²) in [6.07, 6.45) is 2.62. The zero-order valence-corrected chi connectivity index (χ0v) is 11.5. The van der Waals surface area contributed by atoms with Crippen molar-refractivity contribution in [3.8, 4) is 5.75 Å². The fourth-order valence-corrected chi connectivity index (χ4v) is 2.84. The molecule has 1 aromatic carbocycles. The Labute approximate surface area is 118 Å². The Morgan fingerprint density at radius 1 is 1.30 bits per heavy atom. The van der Waals surface area contributed by atoms with Crippen molar-refractivity contribution in [1.82, 2.24) is 4.98 Å². The number of nitrogen functional groups attached to an aromatic ring is 1. The number of benzene rings is 1. The molecule has 2 atom stereocenters. The van der Waals surface area contributed by atoms with E-state index >= 15 is 0 Å². The van der Waals surface area contributed by atoms with Crippen molar-refractivity contribution in [2.45, 2.75) is 19.4 Å². The van der Waals surface area contributed by atoms with Gasteiger partial charge in [-0.05, 0) is 36.6 Å². The summed E-state index contributed by atoms with van der Waals surface area (Å²) in [7, 11) is 0. The lowest BCUT2D eigenvalue weighted by Crippen LogP contribution is -2.32. The molecule has 4 nitrogen and oxygen atoms in total. The summed E-state index contributed by atoms with van der Waals surface area (Å²) in [6.45, 7) is 2.64. The summed E-state index contributed by atoms with van der Waals surface area (Å²) in [5, 5.41) is 0. The maximum Gasteiger partial charge on any atom is 0.128 e. The summed E-state index contributed by atoms with van der Waals surface area (Å²) in [5.74, 6) is 1.71. The Hall–Kier alpha value is -2.07. The van der Waals surface area contributed by atoms with Gasteiger partial charge < -0.3 is 16.2 Å². The molecule has 0 spiro atoms. The molecule has 0 bridgehead atoms. The van der Waals surface area contributed by atoms with Crippen LogP contribution in [0, 0.1) is 12.8 Å². The molecule has 20 heavy (non-hydrogen) atoms. The Bertz CT molecular complexity index is 607. The number of aryl methyl sites for hydroxylation is 1. The van der Waals surface area contributed by atoms with Gasteiger partial charge in [0, 0.05) is 23.7 Å². The van der Waals surface area contributed by atoms with E-state index in [1.807, 2.05) is 31.2 Å². The van der Waals surface area contributed by atoms with Gasteiger partial charge in [0.05, 0.1) is 6.61 Å². The van der Waals surface area contributed by atoms with E-state index in [1.165, 1.54) is 5.56 Å². The van der Waals surface area contributed by atoms with Crippen molar-refractivity contribution in [2.24, 2.45) is 11.7 Å². The van der Waals surface area contributed by atoms with Crippen LogP contribution >= 0.6 is 0 Å². The van der Waals surface area contributed by atoms with E-state index in [-0.39, 0.29) is 12.0 Å². The quantitative estimate of drug-likeness (QED) is 0.876. The topological polar surface area (TPSA) is 74.2 Å². The first-order chi connectivity index (χ1) is 9.66. The highest BCUT2D eigenvalue weighted by Gasteiger charge is 2.28. The first-order valence-electron chi connectivity index (χ1n) is 6.84. The SMILES string of the molecule is Cc1ccnc(N)c1C(N)C1COc2ccccc2C1. The molecule has 3 rings (SSSR count). The van der Waals surface area contributed by atoms with Crippen LogP contribution < -0.4 is 16.2 Å². The van der Waals surface area contributed by atoms with Crippen LogP contribution in [0.25, 0.3) is 0 Å². The van der Waals surface area contributed by atoms with Crippen molar-refractivity contribution in [1.29, 1.82) is 0 Å². The Kier molecular flexibility index (Phi) is 3.32. The molecule has 104 valence electrons. The minimum absolute atomic E-state index is 0.156. The second-order valence-corrected chi connectivity index (χ2v) is 5.34. The molecule has 0 aliphatic carbocycles. The van der Waals surface area contributed by atoms with E-state index in [1.54, 1.807) is 6.20 Å². The monoisotopic (exact) mass is 269 g/mol. The molecule has 0 amide bonds. The van der Waals surface area contributed by atoms with E-state index in [4.69, 9.17) is 16.2 Å². The number of hydrogen-bond donors (Lipinski definition) is 2. The van der Waals surface area contributed by atoms with Gasteiger partial charge >= 0.3 is 0 Å². The van der Waals surface area contributed by atoms with Gasteiger partial charge in [-0.3, -0.25) is 0 Å². The number of nitrogens with two attached hydrogens (primary N) is 2. The summed E-state index contributed by atoms with van der Waals surface area (Å²) in [6, 6.07) is 9.90. The molecule has 4 heteroatoms. The number of ether oxygens (including phenoxy) is 1. The molecule has 0 fully saturated rings. The van der Waals surface area contributed by atoms with Crippen molar-refractivity contribution in [2.75, 3.05) is 12.3 Å². The summed E-state index contributed by atoms with van der Waals surface area (Å²) in [4.78, 5) is 4.16. The van der Waals surface area contributed by atoms with E-state index in [0.717, 1.165) is 23.3 Å². The van der Waals surface area contributed by atoms with Gasteiger partial charge in [0.15, 0.2) is 0 Å². The third-order valence-corrected chi connectivity index (χ3v) is 3.99. The Balaban J connectivity index is 1.88. The standard InChI is InChI=1S/C16H19N3O/c1-10-6-7-19-16(18)14(10)15(17)12-8-11-4-2-3-5-13(11)20-9-12/h2-7,12,15H,8-9,17H2,1H3,(H2,18,19). The zero-order valence-electron chi connectivity index (χ0n) is 11.5. The Morgan fingerprint density at radius 3 is 2.90 bits per heavy atom. The highest BCUT2D eigenvalue weighted by molar-refractivity contribution is 5.47. The van der Waals surface area contributed by atoms with E-state index in [9.17, 15) is 0 Å². The molecule has 2 aromatic rings.